The minimum Gasteiger partial charge on any atom is -0.253 e. The summed E-state index contributed by atoms with van der Waals surface area (Å²) in [5, 5.41) is 7.73. The second kappa shape index (κ2) is 9.03. The molecule has 0 radical (unpaired) electrons. The maximum Gasteiger partial charge on any atom is 0.243 e. The molecule has 6 nitrogen and oxygen atoms in total. The molecule has 1 aliphatic heterocycles. The van der Waals surface area contributed by atoms with E-state index in [2.05, 4.69) is 15.5 Å². The normalized spacial score (nSPS) is 15.1. The lowest BCUT2D eigenvalue weighted by Crippen LogP contribution is -2.27. The van der Waals surface area contributed by atoms with Gasteiger partial charge in [-0.2, -0.15) is 9.41 Å². The molecule has 2 aromatic carbocycles. The molecule has 1 N–H and O–H groups in total. The van der Waals surface area contributed by atoms with Crippen LogP contribution in [-0.4, -0.2) is 37.0 Å². The smallest absolute Gasteiger partial charge is 0.243 e. The summed E-state index contributed by atoms with van der Waals surface area (Å²) in [5.41, 5.74) is 5.20. The van der Waals surface area contributed by atoms with Crippen LogP contribution in [0.5, 0.6) is 0 Å². The molecule has 0 amide bonds. The number of hydrogen-bond acceptors (Lipinski definition) is 6. The van der Waals surface area contributed by atoms with E-state index in [9.17, 15) is 8.42 Å². The fourth-order valence-corrected chi connectivity index (χ4v) is 5.74. The third-order valence-corrected chi connectivity index (χ3v) is 7.91. The van der Waals surface area contributed by atoms with E-state index in [0.29, 0.717) is 33.2 Å². The Labute approximate surface area is 189 Å². The number of thiazole rings is 1. The molecular weight excluding hydrogens is 463 g/mol. The highest BCUT2D eigenvalue weighted by molar-refractivity contribution is 7.89. The van der Waals surface area contributed by atoms with E-state index in [1.807, 2.05) is 5.38 Å². The number of halogens is 2. The molecule has 0 bridgehead atoms. The molecule has 0 atom stereocenters. The maximum absolute atomic E-state index is 12.6. The van der Waals surface area contributed by atoms with Crippen LogP contribution < -0.4 is 5.43 Å². The van der Waals surface area contributed by atoms with Crippen LogP contribution in [0.25, 0.3) is 11.3 Å². The summed E-state index contributed by atoms with van der Waals surface area (Å²) in [6, 6.07) is 12.0. The average molecular weight is 481 g/mol. The molecule has 1 fully saturated rings. The van der Waals surface area contributed by atoms with Gasteiger partial charge in [-0.3, -0.25) is 5.43 Å². The number of rotatable bonds is 6. The largest absolute Gasteiger partial charge is 0.253 e. The molecule has 1 aromatic heterocycles. The number of sulfonamides is 1. The molecule has 0 spiro atoms. The lowest BCUT2D eigenvalue weighted by molar-refractivity contribution is 0.477. The fraction of sp³-hybridized carbons (Fsp3) is 0.200. The van der Waals surface area contributed by atoms with E-state index in [1.54, 1.807) is 48.7 Å². The standard InChI is InChI=1S/C20H18Cl2N4O2S2/c21-16-6-3-15(18(22)11-16)12-23-25-20-24-19(13-29-20)14-4-7-17(8-5-14)30(27,28)26-9-1-2-10-26/h3-8,11-13H,1-2,9-10H2,(H,24,25)/b23-12+. The number of anilines is 1. The molecule has 0 saturated carbocycles. The Morgan fingerprint density at radius 3 is 2.53 bits per heavy atom. The van der Waals surface area contributed by atoms with Gasteiger partial charge in [-0.15, -0.1) is 11.3 Å². The molecule has 156 valence electrons. The van der Waals surface area contributed by atoms with Crippen molar-refractivity contribution in [2.24, 2.45) is 5.10 Å². The molecule has 1 saturated heterocycles. The van der Waals surface area contributed by atoms with Crippen molar-refractivity contribution < 1.29 is 8.42 Å². The van der Waals surface area contributed by atoms with Crippen molar-refractivity contribution >= 4 is 55.9 Å². The summed E-state index contributed by atoms with van der Waals surface area (Å²) >= 11 is 13.4. The SMILES string of the molecule is O=S(=O)(c1ccc(-c2csc(N/N=C/c3ccc(Cl)cc3Cl)n2)cc1)N1CCCC1. The van der Waals surface area contributed by atoms with Crippen LogP contribution in [-0.2, 0) is 10.0 Å². The van der Waals surface area contributed by atoms with Gasteiger partial charge in [-0.25, -0.2) is 13.4 Å². The van der Waals surface area contributed by atoms with E-state index in [4.69, 9.17) is 23.2 Å². The van der Waals surface area contributed by atoms with Crippen LogP contribution in [0.1, 0.15) is 18.4 Å². The second-order valence-electron chi connectivity index (χ2n) is 6.71. The van der Waals surface area contributed by atoms with E-state index in [0.717, 1.165) is 29.7 Å². The minimum absolute atomic E-state index is 0.311. The van der Waals surface area contributed by atoms with Gasteiger partial charge in [-0.05, 0) is 37.1 Å². The first-order valence-corrected chi connectivity index (χ1v) is 12.3. The quantitative estimate of drug-likeness (QED) is 0.381. The Morgan fingerprint density at radius 1 is 1.10 bits per heavy atom. The third-order valence-electron chi connectivity index (χ3n) is 4.68. The minimum atomic E-state index is -3.41. The highest BCUT2D eigenvalue weighted by Gasteiger charge is 2.26. The number of aromatic nitrogens is 1. The molecule has 1 aliphatic rings. The molecular formula is C20H18Cl2N4O2S2. The van der Waals surface area contributed by atoms with Crippen molar-refractivity contribution in [1.29, 1.82) is 0 Å². The number of nitrogens with one attached hydrogen (secondary N) is 1. The van der Waals surface area contributed by atoms with Gasteiger partial charge in [0, 0.05) is 34.6 Å². The zero-order chi connectivity index (χ0) is 21.1. The predicted molar refractivity (Wildman–Crippen MR) is 123 cm³/mol. The Balaban J connectivity index is 1.44. The van der Waals surface area contributed by atoms with Gasteiger partial charge < -0.3 is 0 Å². The van der Waals surface area contributed by atoms with Crippen molar-refractivity contribution in [1.82, 2.24) is 9.29 Å². The highest BCUT2D eigenvalue weighted by atomic mass is 35.5. The summed E-state index contributed by atoms with van der Waals surface area (Å²) in [6.45, 7) is 1.18. The summed E-state index contributed by atoms with van der Waals surface area (Å²) in [5.74, 6) is 0. The van der Waals surface area contributed by atoms with Gasteiger partial charge >= 0.3 is 0 Å². The molecule has 3 aromatic rings. The fourth-order valence-electron chi connectivity index (χ4n) is 3.10. The van der Waals surface area contributed by atoms with Crippen LogP contribution in [0.4, 0.5) is 5.13 Å². The second-order valence-corrected chi connectivity index (χ2v) is 10.3. The van der Waals surface area contributed by atoms with Crippen LogP contribution >= 0.6 is 34.5 Å². The molecule has 10 heteroatoms. The van der Waals surface area contributed by atoms with Crippen molar-refractivity contribution in [3.63, 3.8) is 0 Å². The zero-order valence-electron chi connectivity index (χ0n) is 15.8. The number of benzene rings is 2. The van der Waals surface area contributed by atoms with E-state index >= 15 is 0 Å². The molecule has 0 unspecified atom stereocenters. The lowest BCUT2D eigenvalue weighted by atomic mass is 10.2. The molecule has 2 heterocycles. The zero-order valence-corrected chi connectivity index (χ0v) is 18.9. The van der Waals surface area contributed by atoms with Crippen LogP contribution in [0.15, 0.2) is 57.8 Å². The first-order valence-electron chi connectivity index (χ1n) is 9.24. The van der Waals surface area contributed by atoms with Crippen molar-refractivity contribution in [3.05, 3.63) is 63.5 Å². The molecule has 0 aliphatic carbocycles. The van der Waals surface area contributed by atoms with Crippen molar-refractivity contribution in [3.8, 4) is 11.3 Å². The topological polar surface area (TPSA) is 74.7 Å². The van der Waals surface area contributed by atoms with E-state index < -0.39 is 10.0 Å². The Kier molecular flexibility index (Phi) is 6.40. The van der Waals surface area contributed by atoms with Crippen molar-refractivity contribution in [2.45, 2.75) is 17.7 Å². The summed E-state index contributed by atoms with van der Waals surface area (Å²) < 4.78 is 26.8. The van der Waals surface area contributed by atoms with Gasteiger partial charge in [0.15, 0.2) is 0 Å². The van der Waals surface area contributed by atoms with E-state index in [-0.39, 0.29) is 0 Å². The van der Waals surface area contributed by atoms with Gasteiger partial charge in [0.25, 0.3) is 0 Å². The predicted octanol–water partition coefficient (Wildman–Crippen LogP) is 5.35. The molecule has 4 rings (SSSR count). The van der Waals surface area contributed by atoms with Gasteiger partial charge in [0.05, 0.1) is 21.8 Å². The maximum atomic E-state index is 12.6. The summed E-state index contributed by atoms with van der Waals surface area (Å²) in [6.07, 6.45) is 3.43. The Bertz CT molecular complexity index is 1170. The van der Waals surface area contributed by atoms with Crippen LogP contribution in [0.2, 0.25) is 10.0 Å². The molecule has 30 heavy (non-hydrogen) atoms. The first-order chi connectivity index (χ1) is 14.4. The summed E-state index contributed by atoms with van der Waals surface area (Å²) in [7, 11) is -3.41. The average Bonchev–Trinajstić information content (AvgIpc) is 3.42. The van der Waals surface area contributed by atoms with Crippen molar-refractivity contribution in [2.75, 3.05) is 18.5 Å². The number of nitrogens with zero attached hydrogens (tertiary/aromatic N) is 3. The Hall–Kier alpha value is -1.97. The monoisotopic (exact) mass is 480 g/mol. The van der Waals surface area contributed by atoms with Crippen LogP contribution in [0, 0.1) is 0 Å². The van der Waals surface area contributed by atoms with Crippen LogP contribution in [0.3, 0.4) is 0 Å². The van der Waals surface area contributed by atoms with Gasteiger partial charge in [0.1, 0.15) is 0 Å². The van der Waals surface area contributed by atoms with E-state index in [1.165, 1.54) is 15.6 Å². The highest BCUT2D eigenvalue weighted by Crippen LogP contribution is 2.27. The number of hydrogen-bond donors (Lipinski definition) is 1. The lowest BCUT2D eigenvalue weighted by Gasteiger charge is -2.15. The summed E-state index contributed by atoms with van der Waals surface area (Å²) in [4.78, 5) is 4.81. The van der Waals surface area contributed by atoms with Gasteiger partial charge in [-0.1, -0.05) is 41.4 Å². The van der Waals surface area contributed by atoms with Gasteiger partial charge in [0.2, 0.25) is 15.2 Å². The number of hydrazone groups is 1. The Morgan fingerprint density at radius 2 is 1.83 bits per heavy atom. The first kappa shape index (κ1) is 21.3. The third kappa shape index (κ3) is 4.68.